The number of aromatic nitrogens is 1. The lowest BCUT2D eigenvalue weighted by atomic mass is 10.1. The quantitative estimate of drug-likeness (QED) is 0.436. The molecular weight excluding hydrogens is 320 g/mol. The van der Waals surface area contributed by atoms with Crippen LogP contribution in [0.25, 0.3) is 10.9 Å². The summed E-state index contributed by atoms with van der Waals surface area (Å²) in [6.07, 6.45) is 2.55. The number of carbonyl (C=O) groups excluding carboxylic acids is 1. The number of carbonyl (C=O) groups is 1. The predicted octanol–water partition coefficient (Wildman–Crippen LogP) is 2.52. The van der Waals surface area contributed by atoms with Crippen molar-refractivity contribution in [3.63, 3.8) is 0 Å². The first-order valence-corrected chi connectivity index (χ1v) is 8.09. The number of benzene rings is 2. The first-order chi connectivity index (χ1) is 11.7. The van der Waals surface area contributed by atoms with Gasteiger partial charge in [-0.25, -0.2) is 0 Å². The predicted molar refractivity (Wildman–Crippen MR) is 99.6 cm³/mol. The molecule has 0 unspecified atom stereocenters. The molecule has 5 nitrogen and oxygen atoms in total. The first-order valence-electron chi connectivity index (χ1n) is 7.68. The van der Waals surface area contributed by atoms with Gasteiger partial charge >= 0.3 is 0 Å². The van der Waals surface area contributed by atoms with Crippen molar-refractivity contribution >= 4 is 34.1 Å². The number of hydrogen-bond acceptors (Lipinski definition) is 2. The lowest BCUT2D eigenvalue weighted by molar-refractivity contribution is 0.0945. The van der Waals surface area contributed by atoms with Crippen LogP contribution in [0.1, 0.15) is 15.9 Å². The van der Waals surface area contributed by atoms with E-state index in [4.69, 9.17) is 12.2 Å². The third-order valence-corrected chi connectivity index (χ3v) is 3.91. The fourth-order valence-corrected chi connectivity index (χ4v) is 2.60. The molecule has 0 spiro atoms. The fraction of sp³-hybridized carbons (Fsp3) is 0.111. The van der Waals surface area contributed by atoms with Crippen LogP contribution >= 0.6 is 12.2 Å². The molecule has 0 radical (unpaired) electrons. The highest BCUT2D eigenvalue weighted by atomic mass is 32.1. The SMILES string of the molecule is O=C(NNC(=S)NCCc1ccccc1)c1c[nH]c2ccccc12. The van der Waals surface area contributed by atoms with Crippen LogP contribution in [-0.2, 0) is 6.42 Å². The van der Waals surface area contributed by atoms with Gasteiger partial charge in [0.15, 0.2) is 5.11 Å². The van der Waals surface area contributed by atoms with E-state index in [9.17, 15) is 4.79 Å². The Balaban J connectivity index is 1.46. The summed E-state index contributed by atoms with van der Waals surface area (Å²) in [4.78, 5) is 15.3. The molecule has 0 aliphatic heterocycles. The van der Waals surface area contributed by atoms with E-state index in [0.29, 0.717) is 17.2 Å². The number of rotatable bonds is 4. The van der Waals surface area contributed by atoms with Crippen LogP contribution in [0.2, 0.25) is 0 Å². The highest BCUT2D eigenvalue weighted by Gasteiger charge is 2.11. The van der Waals surface area contributed by atoms with E-state index in [1.54, 1.807) is 6.20 Å². The van der Waals surface area contributed by atoms with Crippen molar-refractivity contribution in [2.24, 2.45) is 0 Å². The molecule has 0 saturated carbocycles. The smallest absolute Gasteiger partial charge is 0.271 e. The third-order valence-electron chi connectivity index (χ3n) is 3.67. The molecule has 0 bridgehead atoms. The molecule has 3 aromatic rings. The molecule has 4 N–H and O–H groups in total. The van der Waals surface area contributed by atoms with Gasteiger partial charge in [0.2, 0.25) is 0 Å². The highest BCUT2D eigenvalue weighted by Crippen LogP contribution is 2.16. The van der Waals surface area contributed by atoms with Gasteiger partial charge < -0.3 is 10.3 Å². The number of para-hydroxylation sites is 1. The monoisotopic (exact) mass is 338 g/mol. The largest absolute Gasteiger partial charge is 0.361 e. The standard InChI is InChI=1S/C18H18N4OS/c23-17(15-12-20-16-9-5-4-8-14(15)16)21-22-18(24)19-11-10-13-6-2-1-3-7-13/h1-9,12,20H,10-11H2,(H,21,23)(H2,19,22,24). The summed E-state index contributed by atoms with van der Waals surface area (Å²) in [7, 11) is 0. The van der Waals surface area contributed by atoms with Crippen LogP contribution in [0.4, 0.5) is 0 Å². The summed E-state index contributed by atoms with van der Waals surface area (Å²) < 4.78 is 0. The number of thiocarbonyl (C=S) groups is 1. The van der Waals surface area contributed by atoms with Gasteiger partial charge in [0.25, 0.3) is 5.91 Å². The molecule has 1 amide bonds. The molecule has 0 saturated heterocycles. The van der Waals surface area contributed by atoms with Gasteiger partial charge in [-0.15, -0.1) is 0 Å². The van der Waals surface area contributed by atoms with Crippen LogP contribution in [0.5, 0.6) is 0 Å². The molecule has 0 aliphatic rings. The fourth-order valence-electron chi connectivity index (χ4n) is 2.45. The molecule has 0 atom stereocenters. The number of H-pyrrole nitrogens is 1. The van der Waals surface area contributed by atoms with Crippen molar-refractivity contribution in [3.8, 4) is 0 Å². The summed E-state index contributed by atoms with van der Waals surface area (Å²) >= 11 is 5.17. The van der Waals surface area contributed by atoms with Gasteiger partial charge in [-0.05, 0) is 30.3 Å². The van der Waals surface area contributed by atoms with Crippen LogP contribution in [0, 0.1) is 0 Å². The van der Waals surface area contributed by atoms with E-state index in [0.717, 1.165) is 17.3 Å². The molecule has 24 heavy (non-hydrogen) atoms. The zero-order valence-corrected chi connectivity index (χ0v) is 13.8. The molecule has 3 rings (SSSR count). The lowest BCUT2D eigenvalue weighted by Gasteiger charge is -2.11. The Morgan fingerprint density at radius 2 is 1.75 bits per heavy atom. The number of aromatic amines is 1. The van der Waals surface area contributed by atoms with Gasteiger partial charge in [0.05, 0.1) is 5.56 Å². The van der Waals surface area contributed by atoms with Gasteiger partial charge in [0, 0.05) is 23.6 Å². The second-order valence-electron chi connectivity index (χ2n) is 5.32. The van der Waals surface area contributed by atoms with E-state index in [-0.39, 0.29) is 5.91 Å². The third kappa shape index (κ3) is 3.91. The van der Waals surface area contributed by atoms with Crippen molar-refractivity contribution in [2.75, 3.05) is 6.54 Å². The number of fused-ring (bicyclic) bond motifs is 1. The van der Waals surface area contributed by atoms with Crippen molar-refractivity contribution in [1.82, 2.24) is 21.2 Å². The molecular formula is C18H18N4OS. The Morgan fingerprint density at radius 1 is 1.00 bits per heavy atom. The Bertz CT molecular complexity index is 844. The van der Waals surface area contributed by atoms with E-state index >= 15 is 0 Å². The Labute approximate surface area is 145 Å². The maximum Gasteiger partial charge on any atom is 0.271 e. The Hall–Kier alpha value is -2.86. The number of amides is 1. The Morgan fingerprint density at radius 3 is 2.58 bits per heavy atom. The number of hydrogen-bond donors (Lipinski definition) is 4. The second kappa shape index (κ2) is 7.61. The molecule has 2 aromatic carbocycles. The van der Waals surface area contributed by atoms with Gasteiger partial charge in [0.1, 0.15) is 0 Å². The number of nitrogens with one attached hydrogen (secondary N) is 4. The minimum absolute atomic E-state index is 0.236. The van der Waals surface area contributed by atoms with Crippen molar-refractivity contribution in [1.29, 1.82) is 0 Å². The summed E-state index contributed by atoms with van der Waals surface area (Å²) in [5.41, 5.74) is 8.07. The van der Waals surface area contributed by atoms with Crippen LogP contribution in [0.15, 0.2) is 60.8 Å². The summed E-state index contributed by atoms with van der Waals surface area (Å²) in [5.74, 6) is -0.236. The van der Waals surface area contributed by atoms with Crippen LogP contribution in [0.3, 0.4) is 0 Å². The molecule has 1 aromatic heterocycles. The second-order valence-corrected chi connectivity index (χ2v) is 5.73. The maximum absolute atomic E-state index is 12.2. The normalized spacial score (nSPS) is 10.3. The van der Waals surface area contributed by atoms with E-state index in [1.807, 2.05) is 42.5 Å². The van der Waals surface area contributed by atoms with Crippen molar-refractivity contribution in [3.05, 3.63) is 71.9 Å². The lowest BCUT2D eigenvalue weighted by Crippen LogP contribution is -2.47. The van der Waals surface area contributed by atoms with E-state index in [1.165, 1.54) is 5.56 Å². The molecule has 1 heterocycles. The number of hydrazine groups is 1. The molecule has 6 heteroatoms. The average Bonchev–Trinajstić information content (AvgIpc) is 3.05. The Kier molecular flexibility index (Phi) is 5.08. The minimum Gasteiger partial charge on any atom is -0.361 e. The zero-order valence-electron chi connectivity index (χ0n) is 13.0. The molecule has 0 fully saturated rings. The summed E-state index contributed by atoms with van der Waals surface area (Å²) in [6.45, 7) is 0.693. The zero-order chi connectivity index (χ0) is 16.8. The first kappa shape index (κ1) is 16.0. The maximum atomic E-state index is 12.2. The minimum atomic E-state index is -0.236. The van der Waals surface area contributed by atoms with Crippen molar-refractivity contribution < 1.29 is 4.79 Å². The highest BCUT2D eigenvalue weighted by molar-refractivity contribution is 7.80. The summed E-state index contributed by atoms with van der Waals surface area (Å²) in [5, 5.41) is 4.33. The van der Waals surface area contributed by atoms with Gasteiger partial charge in [-0.1, -0.05) is 48.5 Å². The van der Waals surface area contributed by atoms with Gasteiger partial charge in [-0.2, -0.15) is 0 Å². The molecule has 122 valence electrons. The van der Waals surface area contributed by atoms with Crippen LogP contribution in [-0.4, -0.2) is 22.5 Å². The van der Waals surface area contributed by atoms with E-state index < -0.39 is 0 Å². The molecule has 0 aliphatic carbocycles. The van der Waals surface area contributed by atoms with Crippen LogP contribution < -0.4 is 16.2 Å². The van der Waals surface area contributed by atoms with Gasteiger partial charge in [-0.3, -0.25) is 15.6 Å². The van der Waals surface area contributed by atoms with E-state index in [2.05, 4.69) is 33.3 Å². The van der Waals surface area contributed by atoms with Crippen molar-refractivity contribution in [2.45, 2.75) is 6.42 Å². The average molecular weight is 338 g/mol. The topological polar surface area (TPSA) is 69.0 Å². The summed E-state index contributed by atoms with van der Waals surface area (Å²) in [6, 6.07) is 17.8.